The molecular weight excluding hydrogens is 302 g/mol. The van der Waals surface area contributed by atoms with Gasteiger partial charge in [-0.2, -0.15) is 0 Å². The predicted molar refractivity (Wildman–Crippen MR) is 72.8 cm³/mol. The Morgan fingerprint density at radius 3 is 2.76 bits per heavy atom. The third-order valence-corrected chi connectivity index (χ3v) is 3.55. The van der Waals surface area contributed by atoms with Gasteiger partial charge in [-0.05, 0) is 29.3 Å². The first-order valence-electron chi connectivity index (χ1n) is 5.19. The van der Waals surface area contributed by atoms with E-state index >= 15 is 0 Å². The van der Waals surface area contributed by atoms with Crippen molar-refractivity contribution in [1.29, 1.82) is 0 Å². The molecule has 0 fully saturated rings. The molecule has 0 bridgehead atoms. The summed E-state index contributed by atoms with van der Waals surface area (Å²) >= 11 is 9.37. The number of hydrogen-bond acceptors (Lipinski definition) is 1. The number of aromatic amines is 1. The Bertz CT molecular complexity index is 562. The quantitative estimate of drug-likeness (QED) is 0.846. The van der Waals surface area contributed by atoms with Gasteiger partial charge in [0.05, 0.1) is 5.69 Å². The largest absolute Gasteiger partial charge is 0.359 e. The van der Waals surface area contributed by atoms with Crippen molar-refractivity contribution >= 4 is 33.3 Å². The van der Waals surface area contributed by atoms with Gasteiger partial charge >= 0.3 is 0 Å². The smallest absolute Gasteiger partial charge is 0.176 e. The molecule has 2 rings (SSSR count). The molecule has 17 heavy (non-hydrogen) atoms. The molecule has 1 aromatic carbocycles. The van der Waals surface area contributed by atoms with Crippen molar-refractivity contribution < 1.29 is 4.79 Å². The molecule has 0 unspecified atom stereocenters. The minimum atomic E-state index is 0.0510. The lowest BCUT2D eigenvalue weighted by Gasteiger charge is -2.05. The maximum Gasteiger partial charge on any atom is 0.176 e. The van der Waals surface area contributed by atoms with Crippen LogP contribution in [0, 0.1) is 0 Å². The first-order chi connectivity index (χ1) is 8.08. The molecule has 1 heterocycles. The fourth-order valence-corrected chi connectivity index (χ4v) is 2.57. The summed E-state index contributed by atoms with van der Waals surface area (Å²) in [7, 11) is 0. The highest BCUT2D eigenvalue weighted by molar-refractivity contribution is 9.10. The van der Waals surface area contributed by atoms with Crippen molar-refractivity contribution in [2.24, 2.45) is 0 Å². The second-order valence-electron chi connectivity index (χ2n) is 3.85. The van der Waals surface area contributed by atoms with Gasteiger partial charge in [-0.15, -0.1) is 0 Å². The molecule has 2 aromatic rings. The highest BCUT2D eigenvalue weighted by Gasteiger charge is 2.10. The van der Waals surface area contributed by atoms with Crippen LogP contribution in [-0.2, 0) is 6.42 Å². The Balaban J connectivity index is 2.31. The van der Waals surface area contributed by atoms with E-state index in [2.05, 4.69) is 20.9 Å². The number of benzene rings is 1. The van der Waals surface area contributed by atoms with Crippen LogP contribution in [0.2, 0.25) is 5.02 Å². The maximum atomic E-state index is 11.4. The molecule has 4 heteroatoms. The van der Waals surface area contributed by atoms with E-state index in [1.54, 1.807) is 13.1 Å². The van der Waals surface area contributed by atoms with Crippen LogP contribution in [-0.4, -0.2) is 10.8 Å². The van der Waals surface area contributed by atoms with Crippen LogP contribution in [0.5, 0.6) is 0 Å². The molecular formula is C13H11BrClNO. The highest BCUT2D eigenvalue weighted by atomic mass is 79.9. The molecule has 0 saturated heterocycles. The zero-order valence-electron chi connectivity index (χ0n) is 9.26. The minimum Gasteiger partial charge on any atom is -0.359 e. The molecule has 2 nitrogen and oxygen atoms in total. The third kappa shape index (κ3) is 2.79. The van der Waals surface area contributed by atoms with Crippen molar-refractivity contribution in [1.82, 2.24) is 4.98 Å². The first kappa shape index (κ1) is 12.4. The molecule has 0 spiro atoms. The van der Waals surface area contributed by atoms with Crippen LogP contribution in [0.25, 0.3) is 0 Å². The summed E-state index contributed by atoms with van der Waals surface area (Å²) in [5.41, 5.74) is 2.78. The lowest BCUT2D eigenvalue weighted by molar-refractivity contribution is 0.101. The van der Waals surface area contributed by atoms with E-state index < -0.39 is 0 Å². The van der Waals surface area contributed by atoms with Crippen LogP contribution in [0.4, 0.5) is 0 Å². The molecule has 1 N–H and O–H groups in total. The summed E-state index contributed by atoms with van der Waals surface area (Å²) in [4.78, 5) is 14.4. The third-order valence-electron chi connectivity index (χ3n) is 2.58. The Kier molecular flexibility index (Phi) is 3.69. The monoisotopic (exact) mass is 311 g/mol. The molecule has 88 valence electrons. The normalized spacial score (nSPS) is 10.5. The summed E-state index contributed by atoms with van der Waals surface area (Å²) < 4.78 is 0.959. The Hall–Kier alpha value is -1.06. The number of halogens is 2. The zero-order chi connectivity index (χ0) is 12.4. The number of Topliss-reactive ketones (excluding diaryl/α,β-unsaturated/α-hetero) is 1. The highest BCUT2D eigenvalue weighted by Crippen LogP contribution is 2.24. The fourth-order valence-electron chi connectivity index (χ4n) is 1.75. The molecule has 0 saturated carbocycles. The van der Waals surface area contributed by atoms with Crippen LogP contribution >= 0.6 is 27.5 Å². The number of aromatic nitrogens is 1. The van der Waals surface area contributed by atoms with Crippen molar-refractivity contribution in [3.8, 4) is 0 Å². The van der Waals surface area contributed by atoms with Crippen molar-refractivity contribution in [3.05, 3.63) is 56.8 Å². The van der Waals surface area contributed by atoms with E-state index in [1.807, 2.05) is 24.3 Å². The van der Waals surface area contributed by atoms with E-state index in [1.165, 1.54) is 0 Å². The van der Waals surface area contributed by atoms with Crippen molar-refractivity contribution in [2.45, 2.75) is 13.3 Å². The van der Waals surface area contributed by atoms with Crippen LogP contribution in [0.1, 0.15) is 28.5 Å². The van der Waals surface area contributed by atoms with Crippen molar-refractivity contribution in [2.75, 3.05) is 0 Å². The van der Waals surface area contributed by atoms with Gasteiger partial charge in [0.25, 0.3) is 0 Å². The molecule has 0 aliphatic heterocycles. The Morgan fingerprint density at radius 1 is 1.35 bits per heavy atom. The van der Waals surface area contributed by atoms with Gasteiger partial charge in [-0.3, -0.25) is 4.79 Å². The summed E-state index contributed by atoms with van der Waals surface area (Å²) in [6, 6.07) is 7.60. The maximum absolute atomic E-state index is 11.4. The van der Waals surface area contributed by atoms with E-state index in [-0.39, 0.29) is 5.78 Å². The van der Waals surface area contributed by atoms with Gasteiger partial charge in [0.1, 0.15) is 0 Å². The predicted octanol–water partition coefficient (Wildman–Crippen LogP) is 4.22. The fraction of sp³-hybridized carbons (Fsp3) is 0.154. The number of ketones is 1. The van der Waals surface area contributed by atoms with Crippen molar-refractivity contribution in [3.63, 3.8) is 0 Å². The summed E-state index contributed by atoms with van der Waals surface area (Å²) in [6.07, 6.45) is 2.49. The molecule has 1 aromatic heterocycles. The SMILES string of the molecule is CC(=O)c1[nH]ccc1Cc1ccc(Cl)cc1Br. The molecule has 0 aliphatic rings. The van der Waals surface area contributed by atoms with Gasteiger partial charge in [0.15, 0.2) is 5.78 Å². The summed E-state index contributed by atoms with van der Waals surface area (Å²) in [5, 5.41) is 0.696. The van der Waals surface area contributed by atoms with Gasteiger partial charge in [-0.25, -0.2) is 0 Å². The van der Waals surface area contributed by atoms with E-state index in [0.717, 1.165) is 15.6 Å². The second-order valence-corrected chi connectivity index (χ2v) is 5.14. The van der Waals surface area contributed by atoms with E-state index in [9.17, 15) is 4.79 Å². The molecule has 0 radical (unpaired) electrons. The van der Waals surface area contributed by atoms with Gasteiger partial charge in [0.2, 0.25) is 0 Å². The van der Waals surface area contributed by atoms with Gasteiger partial charge < -0.3 is 4.98 Å². The molecule has 0 atom stereocenters. The average Bonchev–Trinajstić information content (AvgIpc) is 2.70. The lowest BCUT2D eigenvalue weighted by Crippen LogP contribution is -1.99. The lowest BCUT2D eigenvalue weighted by atomic mass is 10.0. The molecule has 0 amide bonds. The number of nitrogens with one attached hydrogen (secondary N) is 1. The number of carbonyl (C=O) groups is 1. The molecule has 0 aliphatic carbocycles. The topological polar surface area (TPSA) is 32.9 Å². The van der Waals surface area contributed by atoms with Crippen LogP contribution < -0.4 is 0 Å². The first-order valence-corrected chi connectivity index (χ1v) is 6.36. The summed E-state index contributed by atoms with van der Waals surface area (Å²) in [6.45, 7) is 1.56. The number of carbonyl (C=O) groups excluding carboxylic acids is 1. The van der Waals surface area contributed by atoms with E-state index in [4.69, 9.17) is 11.6 Å². The Morgan fingerprint density at radius 2 is 2.12 bits per heavy atom. The number of hydrogen-bond donors (Lipinski definition) is 1. The van der Waals surface area contributed by atoms with Crippen LogP contribution in [0.3, 0.4) is 0 Å². The average molecular weight is 313 g/mol. The van der Waals surface area contributed by atoms with Gasteiger partial charge in [-0.1, -0.05) is 33.6 Å². The van der Waals surface area contributed by atoms with Gasteiger partial charge in [0, 0.05) is 29.0 Å². The number of rotatable bonds is 3. The standard InChI is InChI=1S/C13H11BrClNO/c1-8(17)13-10(4-5-16-13)6-9-2-3-11(15)7-12(9)14/h2-5,7,16H,6H2,1H3. The second kappa shape index (κ2) is 5.07. The van der Waals surface area contributed by atoms with E-state index in [0.29, 0.717) is 17.1 Å². The van der Waals surface area contributed by atoms with Crippen LogP contribution in [0.15, 0.2) is 34.9 Å². The zero-order valence-corrected chi connectivity index (χ0v) is 11.6. The number of H-pyrrole nitrogens is 1. The summed E-state index contributed by atoms with van der Waals surface area (Å²) in [5.74, 6) is 0.0510. The minimum absolute atomic E-state index is 0.0510. The Labute approximate surface area is 113 Å².